The van der Waals surface area contributed by atoms with E-state index in [0.717, 1.165) is 5.56 Å². The van der Waals surface area contributed by atoms with Gasteiger partial charge in [-0.1, -0.05) is 23.7 Å². The average Bonchev–Trinajstić information content (AvgIpc) is 2.25. The molecule has 0 radical (unpaired) electrons. The molecule has 17 heavy (non-hydrogen) atoms. The summed E-state index contributed by atoms with van der Waals surface area (Å²) in [5, 5.41) is 3.75. The molecular weight excluding hydrogens is 238 g/mol. The molecule has 1 aromatic carbocycles. The molecule has 0 aliphatic carbocycles. The van der Waals surface area contributed by atoms with Gasteiger partial charge in [-0.15, -0.1) is 0 Å². The van der Waals surface area contributed by atoms with Crippen molar-refractivity contribution >= 4 is 17.6 Å². The van der Waals surface area contributed by atoms with Gasteiger partial charge in [0.15, 0.2) is 0 Å². The molecule has 0 saturated carbocycles. The topological polar surface area (TPSA) is 38.3 Å². The van der Waals surface area contributed by atoms with Crippen molar-refractivity contribution in [2.45, 2.75) is 32.9 Å². The van der Waals surface area contributed by atoms with Crippen molar-refractivity contribution in [3.05, 3.63) is 34.9 Å². The lowest BCUT2D eigenvalue weighted by Gasteiger charge is -2.19. The Balaban J connectivity index is 2.31. The van der Waals surface area contributed by atoms with E-state index >= 15 is 0 Å². The molecule has 0 aliphatic heterocycles. The third-order valence-electron chi connectivity index (χ3n) is 2.08. The second kappa shape index (κ2) is 6.03. The normalized spacial score (nSPS) is 11.3. The van der Waals surface area contributed by atoms with Crippen LogP contribution in [-0.2, 0) is 16.1 Å². The number of rotatable bonds is 4. The molecule has 0 amide bonds. The highest BCUT2D eigenvalue weighted by Crippen LogP contribution is 2.10. The summed E-state index contributed by atoms with van der Waals surface area (Å²) in [6.07, 6.45) is 0. The van der Waals surface area contributed by atoms with Crippen molar-refractivity contribution < 1.29 is 9.53 Å². The zero-order valence-corrected chi connectivity index (χ0v) is 11.2. The Morgan fingerprint density at radius 2 is 1.88 bits per heavy atom. The second-order valence-corrected chi connectivity index (χ2v) is 5.33. The van der Waals surface area contributed by atoms with Gasteiger partial charge < -0.3 is 10.1 Å². The van der Waals surface area contributed by atoms with Crippen LogP contribution in [0.2, 0.25) is 5.02 Å². The fraction of sp³-hybridized carbons (Fsp3) is 0.462. The third kappa shape index (κ3) is 6.29. The highest BCUT2D eigenvalue weighted by atomic mass is 35.5. The summed E-state index contributed by atoms with van der Waals surface area (Å²) in [5.74, 6) is -0.255. The zero-order chi connectivity index (χ0) is 12.9. The first-order chi connectivity index (χ1) is 7.87. The molecule has 1 aromatic rings. The van der Waals surface area contributed by atoms with Crippen LogP contribution >= 0.6 is 11.6 Å². The molecule has 0 saturated heterocycles. The van der Waals surface area contributed by atoms with Gasteiger partial charge in [-0.05, 0) is 38.5 Å². The van der Waals surface area contributed by atoms with Crippen LogP contribution in [0, 0.1) is 0 Å². The molecule has 0 bridgehead atoms. The predicted molar refractivity (Wildman–Crippen MR) is 69.0 cm³/mol. The minimum Gasteiger partial charge on any atom is -0.460 e. The van der Waals surface area contributed by atoms with E-state index in [9.17, 15) is 4.79 Å². The number of halogens is 1. The lowest BCUT2D eigenvalue weighted by atomic mass is 10.1. The van der Waals surface area contributed by atoms with Crippen molar-refractivity contribution in [2.75, 3.05) is 6.54 Å². The maximum absolute atomic E-state index is 11.4. The fourth-order valence-corrected chi connectivity index (χ4v) is 1.26. The number of hydrogen-bond acceptors (Lipinski definition) is 3. The summed E-state index contributed by atoms with van der Waals surface area (Å²) < 4.78 is 5.12. The zero-order valence-electron chi connectivity index (χ0n) is 10.4. The molecule has 0 spiro atoms. The number of esters is 1. The average molecular weight is 256 g/mol. The van der Waals surface area contributed by atoms with E-state index in [0.29, 0.717) is 5.02 Å². The molecule has 1 rings (SSSR count). The maximum Gasteiger partial charge on any atom is 0.320 e. The highest BCUT2D eigenvalue weighted by Gasteiger charge is 2.11. The molecule has 0 aromatic heterocycles. The highest BCUT2D eigenvalue weighted by molar-refractivity contribution is 6.30. The van der Waals surface area contributed by atoms with Crippen molar-refractivity contribution in [1.82, 2.24) is 5.32 Å². The Morgan fingerprint density at radius 1 is 1.29 bits per heavy atom. The van der Waals surface area contributed by atoms with Crippen molar-refractivity contribution in [2.24, 2.45) is 0 Å². The summed E-state index contributed by atoms with van der Waals surface area (Å²) in [7, 11) is 0. The Kier molecular flexibility index (Phi) is 4.97. The standard InChI is InChI=1S/C13H18ClNO2/c1-13(2,3)15-8-12(16)17-9-10-4-6-11(14)7-5-10/h4-7,15H,8-9H2,1-3H3. The van der Waals surface area contributed by atoms with Gasteiger partial charge in [0.25, 0.3) is 0 Å². The van der Waals surface area contributed by atoms with Gasteiger partial charge in [0.05, 0.1) is 6.54 Å². The first kappa shape index (κ1) is 14.0. The Labute approximate surface area is 107 Å². The van der Waals surface area contributed by atoms with E-state index in [-0.39, 0.29) is 24.7 Å². The van der Waals surface area contributed by atoms with Crippen LogP contribution < -0.4 is 5.32 Å². The minimum atomic E-state index is -0.255. The van der Waals surface area contributed by atoms with Gasteiger partial charge >= 0.3 is 5.97 Å². The maximum atomic E-state index is 11.4. The number of benzene rings is 1. The minimum absolute atomic E-state index is 0.0840. The van der Waals surface area contributed by atoms with Crippen LogP contribution in [0.5, 0.6) is 0 Å². The van der Waals surface area contributed by atoms with Gasteiger partial charge in [-0.2, -0.15) is 0 Å². The third-order valence-corrected chi connectivity index (χ3v) is 2.33. The van der Waals surface area contributed by atoms with E-state index in [1.54, 1.807) is 12.1 Å². The summed E-state index contributed by atoms with van der Waals surface area (Å²) in [6, 6.07) is 7.23. The number of hydrogen-bond donors (Lipinski definition) is 1. The van der Waals surface area contributed by atoms with Gasteiger partial charge in [-0.25, -0.2) is 0 Å². The molecule has 0 fully saturated rings. The van der Waals surface area contributed by atoms with Crippen LogP contribution in [0.15, 0.2) is 24.3 Å². The first-order valence-corrected chi connectivity index (χ1v) is 5.90. The molecule has 94 valence electrons. The van der Waals surface area contributed by atoms with Crippen molar-refractivity contribution in [3.63, 3.8) is 0 Å². The van der Waals surface area contributed by atoms with Crippen molar-refractivity contribution in [1.29, 1.82) is 0 Å². The molecule has 1 N–H and O–H groups in total. The Bertz CT molecular complexity index is 368. The molecule has 0 heterocycles. The predicted octanol–water partition coefficient (Wildman–Crippen LogP) is 2.77. The van der Waals surface area contributed by atoms with Gasteiger partial charge in [-0.3, -0.25) is 4.79 Å². The fourth-order valence-electron chi connectivity index (χ4n) is 1.13. The Morgan fingerprint density at radius 3 is 2.41 bits per heavy atom. The monoisotopic (exact) mass is 255 g/mol. The number of carbonyl (C=O) groups is 1. The Hall–Kier alpha value is -1.06. The smallest absolute Gasteiger partial charge is 0.320 e. The molecular formula is C13H18ClNO2. The van der Waals surface area contributed by atoms with E-state index in [1.165, 1.54) is 0 Å². The summed E-state index contributed by atoms with van der Waals surface area (Å²) in [4.78, 5) is 11.4. The largest absolute Gasteiger partial charge is 0.460 e. The molecule has 0 atom stereocenters. The van der Waals surface area contributed by atoms with Gasteiger partial charge in [0, 0.05) is 10.6 Å². The van der Waals surface area contributed by atoms with Crippen molar-refractivity contribution in [3.8, 4) is 0 Å². The van der Waals surface area contributed by atoms with E-state index in [4.69, 9.17) is 16.3 Å². The molecule has 0 aliphatic rings. The van der Waals surface area contributed by atoms with Crippen LogP contribution in [-0.4, -0.2) is 18.1 Å². The van der Waals surface area contributed by atoms with Gasteiger partial charge in [0.2, 0.25) is 0 Å². The van der Waals surface area contributed by atoms with Crippen LogP contribution in [0.3, 0.4) is 0 Å². The second-order valence-electron chi connectivity index (χ2n) is 4.89. The SMILES string of the molecule is CC(C)(C)NCC(=O)OCc1ccc(Cl)cc1. The van der Waals surface area contributed by atoms with E-state index in [2.05, 4.69) is 5.32 Å². The summed E-state index contributed by atoms with van der Waals surface area (Å²) >= 11 is 5.76. The lowest BCUT2D eigenvalue weighted by molar-refractivity contribution is -0.144. The summed E-state index contributed by atoms with van der Waals surface area (Å²) in [6.45, 7) is 6.50. The molecule has 4 heteroatoms. The van der Waals surface area contributed by atoms with Crippen LogP contribution in [0.1, 0.15) is 26.3 Å². The van der Waals surface area contributed by atoms with E-state index in [1.807, 2.05) is 32.9 Å². The number of nitrogens with one attached hydrogen (secondary N) is 1. The number of carbonyl (C=O) groups excluding carboxylic acids is 1. The summed E-state index contributed by atoms with van der Waals surface area (Å²) in [5.41, 5.74) is 0.845. The first-order valence-electron chi connectivity index (χ1n) is 5.52. The molecule has 3 nitrogen and oxygen atoms in total. The molecule has 0 unspecified atom stereocenters. The number of ether oxygens (including phenoxy) is 1. The quantitative estimate of drug-likeness (QED) is 0.841. The van der Waals surface area contributed by atoms with E-state index < -0.39 is 0 Å². The van der Waals surface area contributed by atoms with Crippen LogP contribution in [0.4, 0.5) is 0 Å². The van der Waals surface area contributed by atoms with Crippen LogP contribution in [0.25, 0.3) is 0 Å². The van der Waals surface area contributed by atoms with Gasteiger partial charge in [0.1, 0.15) is 6.61 Å². The lowest BCUT2D eigenvalue weighted by Crippen LogP contribution is -2.39.